The van der Waals surface area contributed by atoms with E-state index >= 15 is 0 Å². The molecule has 2 aromatic carbocycles. The van der Waals surface area contributed by atoms with Crippen LogP contribution in [0.3, 0.4) is 0 Å². The Hall–Kier alpha value is -2.82. The summed E-state index contributed by atoms with van der Waals surface area (Å²) >= 11 is 0. The minimum Gasteiger partial charge on any atom is -0.423 e. The van der Waals surface area contributed by atoms with Gasteiger partial charge in [0.1, 0.15) is 5.52 Å². The van der Waals surface area contributed by atoms with Gasteiger partial charge >= 0.3 is 0 Å². The molecule has 5 nitrogen and oxygen atoms in total. The van der Waals surface area contributed by atoms with Crippen LogP contribution in [-0.2, 0) is 4.79 Å². The van der Waals surface area contributed by atoms with Crippen molar-refractivity contribution in [2.75, 3.05) is 23.3 Å². The van der Waals surface area contributed by atoms with E-state index in [0.29, 0.717) is 11.9 Å². The van der Waals surface area contributed by atoms with E-state index in [1.807, 2.05) is 36.4 Å². The monoisotopic (exact) mass is 363 g/mol. The van der Waals surface area contributed by atoms with Crippen molar-refractivity contribution in [1.82, 2.24) is 4.98 Å². The number of rotatable bonds is 4. The van der Waals surface area contributed by atoms with E-state index in [0.717, 1.165) is 42.7 Å². The number of carbonyl (C=O) groups is 1. The summed E-state index contributed by atoms with van der Waals surface area (Å²) in [5.41, 5.74) is 3.82. The summed E-state index contributed by atoms with van der Waals surface area (Å²) in [5, 5.41) is 3.06. The highest BCUT2D eigenvalue weighted by Gasteiger charge is 2.27. The first kappa shape index (κ1) is 17.6. The first-order valence-electron chi connectivity index (χ1n) is 9.61. The highest BCUT2D eigenvalue weighted by atomic mass is 16.4. The maximum absolute atomic E-state index is 12.6. The van der Waals surface area contributed by atoms with Gasteiger partial charge in [-0.15, -0.1) is 0 Å². The molecule has 1 fully saturated rings. The van der Waals surface area contributed by atoms with Crippen molar-refractivity contribution >= 4 is 28.7 Å². The van der Waals surface area contributed by atoms with Crippen LogP contribution in [0.25, 0.3) is 11.1 Å². The Bertz CT molecular complexity index is 889. The summed E-state index contributed by atoms with van der Waals surface area (Å²) in [5.74, 6) is 0.617. The molecule has 0 aliphatic carbocycles. The molecule has 2 heterocycles. The fourth-order valence-corrected chi connectivity index (χ4v) is 3.52. The van der Waals surface area contributed by atoms with Crippen molar-refractivity contribution in [3.63, 3.8) is 0 Å². The minimum atomic E-state index is 0.0235. The van der Waals surface area contributed by atoms with E-state index in [1.165, 1.54) is 5.56 Å². The van der Waals surface area contributed by atoms with Crippen LogP contribution in [0, 0.1) is 5.92 Å². The second kappa shape index (κ2) is 7.43. The van der Waals surface area contributed by atoms with E-state index in [4.69, 9.17) is 4.42 Å². The van der Waals surface area contributed by atoms with E-state index in [1.54, 1.807) is 0 Å². The van der Waals surface area contributed by atoms with Crippen LogP contribution in [-0.4, -0.2) is 24.0 Å². The molecule has 27 heavy (non-hydrogen) atoms. The average molecular weight is 363 g/mol. The Labute approximate surface area is 159 Å². The topological polar surface area (TPSA) is 58.4 Å². The molecular weight excluding hydrogens is 338 g/mol. The predicted molar refractivity (Wildman–Crippen MR) is 108 cm³/mol. The highest BCUT2D eigenvalue weighted by molar-refractivity contribution is 5.92. The van der Waals surface area contributed by atoms with Crippen LogP contribution in [0.5, 0.6) is 0 Å². The van der Waals surface area contributed by atoms with Crippen LogP contribution >= 0.6 is 0 Å². The second-order valence-electron chi connectivity index (χ2n) is 7.49. The molecule has 1 aliphatic rings. The molecule has 1 saturated heterocycles. The van der Waals surface area contributed by atoms with Gasteiger partial charge in [-0.05, 0) is 48.6 Å². The van der Waals surface area contributed by atoms with Gasteiger partial charge in [0.25, 0.3) is 6.01 Å². The number of hydrogen-bond acceptors (Lipinski definition) is 4. The molecule has 1 aromatic heterocycles. The Morgan fingerprint density at radius 2 is 1.81 bits per heavy atom. The lowest BCUT2D eigenvalue weighted by molar-refractivity contribution is -0.120. The Morgan fingerprint density at radius 3 is 2.48 bits per heavy atom. The third-order valence-electron chi connectivity index (χ3n) is 5.26. The summed E-state index contributed by atoms with van der Waals surface area (Å²) in [6, 6.07) is 16.6. The molecule has 0 unspecified atom stereocenters. The maximum atomic E-state index is 12.6. The van der Waals surface area contributed by atoms with Crippen molar-refractivity contribution in [2.24, 2.45) is 5.92 Å². The predicted octanol–water partition coefficient (Wildman–Crippen LogP) is 4.81. The molecular formula is C22H25N3O2. The van der Waals surface area contributed by atoms with Gasteiger partial charge in [0.05, 0.1) is 0 Å². The average Bonchev–Trinajstić information content (AvgIpc) is 3.13. The van der Waals surface area contributed by atoms with Crippen LogP contribution in [0.2, 0.25) is 0 Å². The lowest BCUT2D eigenvalue weighted by atomic mass is 9.96. The molecule has 5 heteroatoms. The molecule has 1 aliphatic heterocycles. The Morgan fingerprint density at radius 1 is 1.11 bits per heavy atom. The van der Waals surface area contributed by atoms with E-state index < -0.39 is 0 Å². The fraction of sp³-hybridized carbons (Fsp3) is 0.364. The molecule has 140 valence electrons. The Balaban J connectivity index is 1.34. The number of anilines is 2. The number of fused-ring (bicyclic) bond motifs is 1. The Kier molecular flexibility index (Phi) is 4.84. The van der Waals surface area contributed by atoms with Crippen molar-refractivity contribution in [2.45, 2.75) is 32.6 Å². The SMILES string of the molecule is CC(C)c1ccc(NC(=O)C2CCN(c3nc4ccccc4o3)CC2)cc1. The largest absolute Gasteiger partial charge is 0.423 e. The van der Waals surface area contributed by atoms with Gasteiger partial charge in [-0.1, -0.05) is 38.1 Å². The number of hydrogen-bond donors (Lipinski definition) is 1. The van der Waals surface area contributed by atoms with Crippen molar-refractivity contribution < 1.29 is 9.21 Å². The van der Waals surface area contributed by atoms with Crippen LogP contribution < -0.4 is 10.2 Å². The van der Waals surface area contributed by atoms with Gasteiger partial charge in [-0.3, -0.25) is 4.79 Å². The van der Waals surface area contributed by atoms with Crippen molar-refractivity contribution in [3.8, 4) is 0 Å². The number of piperidine rings is 1. The van der Waals surface area contributed by atoms with Crippen molar-refractivity contribution in [1.29, 1.82) is 0 Å². The van der Waals surface area contributed by atoms with Gasteiger partial charge in [0.2, 0.25) is 5.91 Å². The number of benzene rings is 2. The zero-order chi connectivity index (χ0) is 18.8. The molecule has 1 amide bonds. The van der Waals surface area contributed by atoms with Crippen molar-refractivity contribution in [3.05, 3.63) is 54.1 Å². The summed E-state index contributed by atoms with van der Waals surface area (Å²) in [6.07, 6.45) is 1.60. The van der Waals surface area contributed by atoms with Gasteiger partial charge in [-0.25, -0.2) is 0 Å². The zero-order valence-corrected chi connectivity index (χ0v) is 15.8. The lowest BCUT2D eigenvalue weighted by Crippen LogP contribution is -2.38. The molecule has 0 spiro atoms. The zero-order valence-electron chi connectivity index (χ0n) is 15.8. The standard InChI is InChI=1S/C22H25N3O2/c1-15(2)16-7-9-18(10-8-16)23-21(26)17-11-13-25(14-12-17)22-24-19-5-3-4-6-20(19)27-22/h3-10,15,17H,11-14H2,1-2H3,(H,23,26). The smallest absolute Gasteiger partial charge is 0.298 e. The number of nitrogens with one attached hydrogen (secondary N) is 1. The molecule has 0 radical (unpaired) electrons. The summed E-state index contributed by atoms with van der Waals surface area (Å²) in [4.78, 5) is 19.3. The quantitative estimate of drug-likeness (QED) is 0.723. The van der Waals surface area contributed by atoms with E-state index in [9.17, 15) is 4.79 Å². The maximum Gasteiger partial charge on any atom is 0.298 e. The molecule has 0 atom stereocenters. The lowest BCUT2D eigenvalue weighted by Gasteiger charge is -2.30. The number of para-hydroxylation sites is 2. The van der Waals surface area contributed by atoms with Gasteiger partial charge in [0, 0.05) is 24.7 Å². The van der Waals surface area contributed by atoms with Crippen LogP contribution in [0.15, 0.2) is 52.9 Å². The summed E-state index contributed by atoms with van der Waals surface area (Å²) < 4.78 is 5.84. The first-order valence-corrected chi connectivity index (χ1v) is 9.61. The third kappa shape index (κ3) is 3.82. The normalized spacial score (nSPS) is 15.4. The number of carbonyl (C=O) groups excluding carboxylic acids is 1. The second-order valence-corrected chi connectivity index (χ2v) is 7.49. The highest BCUT2D eigenvalue weighted by Crippen LogP contribution is 2.27. The molecule has 0 saturated carbocycles. The van der Waals surface area contributed by atoms with Gasteiger partial charge in [0.15, 0.2) is 5.58 Å². The molecule has 0 bridgehead atoms. The van der Waals surface area contributed by atoms with Gasteiger partial charge in [-0.2, -0.15) is 4.98 Å². The number of aromatic nitrogens is 1. The summed E-state index contributed by atoms with van der Waals surface area (Å²) in [6.45, 7) is 5.88. The third-order valence-corrected chi connectivity index (χ3v) is 5.26. The molecule has 4 rings (SSSR count). The summed E-state index contributed by atoms with van der Waals surface area (Å²) in [7, 11) is 0. The first-order chi connectivity index (χ1) is 13.1. The number of nitrogens with zero attached hydrogens (tertiary/aromatic N) is 2. The minimum absolute atomic E-state index is 0.0235. The van der Waals surface area contributed by atoms with Crippen LogP contribution in [0.1, 0.15) is 38.2 Å². The van der Waals surface area contributed by atoms with E-state index in [-0.39, 0.29) is 11.8 Å². The van der Waals surface area contributed by atoms with Gasteiger partial charge < -0.3 is 14.6 Å². The fourth-order valence-electron chi connectivity index (χ4n) is 3.52. The number of amides is 1. The van der Waals surface area contributed by atoms with Crippen LogP contribution in [0.4, 0.5) is 11.7 Å². The molecule has 3 aromatic rings. The molecule has 1 N–H and O–H groups in total. The number of oxazole rings is 1. The van der Waals surface area contributed by atoms with E-state index in [2.05, 4.69) is 41.2 Å².